The number of aromatic hydroxyl groups is 2. The molecule has 0 spiro atoms. The van der Waals surface area contributed by atoms with Crippen LogP contribution >= 0.6 is 0 Å². The van der Waals surface area contributed by atoms with Crippen LogP contribution in [0.25, 0.3) is 0 Å². The monoisotopic (exact) mass is 237 g/mol. The summed E-state index contributed by atoms with van der Waals surface area (Å²) in [5.41, 5.74) is 0.371. The number of carbonyl (C=O) groups excluding carboxylic acids is 1. The van der Waals surface area contributed by atoms with Gasteiger partial charge in [-0.1, -0.05) is 13.8 Å². The highest BCUT2D eigenvalue weighted by Gasteiger charge is 2.20. The molecule has 1 aromatic rings. The summed E-state index contributed by atoms with van der Waals surface area (Å²) in [6, 6.07) is 4.21. The van der Waals surface area contributed by atoms with E-state index in [9.17, 15) is 15.0 Å². The summed E-state index contributed by atoms with van der Waals surface area (Å²) in [5.74, 6) is -0.307. The third kappa shape index (κ3) is 2.90. The van der Waals surface area contributed by atoms with Crippen LogP contribution in [0.5, 0.6) is 11.5 Å². The van der Waals surface area contributed by atoms with Gasteiger partial charge >= 0.3 is 0 Å². The molecular formula is C13H19NO3. The van der Waals surface area contributed by atoms with Gasteiger partial charge in [-0.15, -0.1) is 0 Å². The van der Waals surface area contributed by atoms with Crippen LogP contribution in [0.3, 0.4) is 0 Å². The minimum Gasteiger partial charge on any atom is -0.504 e. The van der Waals surface area contributed by atoms with Crippen molar-refractivity contribution in [3.8, 4) is 11.5 Å². The van der Waals surface area contributed by atoms with E-state index in [0.717, 1.165) is 0 Å². The average molecular weight is 237 g/mol. The molecule has 0 aliphatic heterocycles. The quantitative estimate of drug-likeness (QED) is 0.792. The predicted octanol–water partition coefficient (Wildman–Crippen LogP) is 2.21. The van der Waals surface area contributed by atoms with Gasteiger partial charge in [-0.3, -0.25) is 4.79 Å². The summed E-state index contributed by atoms with van der Waals surface area (Å²) >= 11 is 0. The molecule has 4 heteroatoms. The number of carbonyl (C=O) groups is 1. The fraction of sp³-hybridized carbons (Fsp3) is 0.462. The van der Waals surface area contributed by atoms with E-state index < -0.39 is 0 Å². The summed E-state index contributed by atoms with van der Waals surface area (Å²) in [6.07, 6.45) is 0. The van der Waals surface area contributed by atoms with Crippen LogP contribution in [-0.2, 0) is 0 Å². The molecule has 1 unspecified atom stereocenters. The second kappa shape index (κ2) is 5.08. The molecule has 0 heterocycles. The van der Waals surface area contributed by atoms with E-state index in [0.29, 0.717) is 11.5 Å². The van der Waals surface area contributed by atoms with Gasteiger partial charge in [-0.25, -0.2) is 0 Å². The Kier molecular flexibility index (Phi) is 3.99. The molecule has 1 aromatic carbocycles. The molecule has 1 amide bonds. The fourth-order valence-corrected chi connectivity index (χ4v) is 1.49. The van der Waals surface area contributed by atoms with Crippen LogP contribution in [0.15, 0.2) is 18.2 Å². The first kappa shape index (κ1) is 13.4. The molecule has 1 rings (SSSR count). The maximum Gasteiger partial charge on any atom is 0.253 e. The number of benzene rings is 1. The predicted molar refractivity (Wildman–Crippen MR) is 66.2 cm³/mol. The van der Waals surface area contributed by atoms with E-state index in [1.807, 2.05) is 20.8 Å². The molecule has 0 fully saturated rings. The smallest absolute Gasteiger partial charge is 0.253 e. The van der Waals surface area contributed by atoms with Gasteiger partial charge in [-0.05, 0) is 31.0 Å². The van der Waals surface area contributed by atoms with Crippen LogP contribution in [0, 0.1) is 5.92 Å². The largest absolute Gasteiger partial charge is 0.504 e. The van der Waals surface area contributed by atoms with E-state index in [1.165, 1.54) is 18.2 Å². The molecule has 0 saturated heterocycles. The second-order valence-corrected chi connectivity index (χ2v) is 4.60. The van der Waals surface area contributed by atoms with Crippen molar-refractivity contribution in [1.82, 2.24) is 4.90 Å². The van der Waals surface area contributed by atoms with Crippen molar-refractivity contribution in [2.45, 2.75) is 26.8 Å². The van der Waals surface area contributed by atoms with Gasteiger partial charge in [0.25, 0.3) is 5.91 Å². The minimum atomic E-state index is -0.276. The lowest BCUT2D eigenvalue weighted by molar-refractivity contribution is 0.0706. The van der Waals surface area contributed by atoms with E-state index in [-0.39, 0.29) is 23.4 Å². The molecule has 0 bridgehead atoms. The molecule has 94 valence electrons. The number of phenolic OH excluding ortho intramolecular Hbond substituents is 2. The highest BCUT2D eigenvalue weighted by Crippen LogP contribution is 2.25. The third-order valence-corrected chi connectivity index (χ3v) is 3.12. The molecule has 0 aliphatic carbocycles. The Balaban J connectivity index is 2.92. The molecule has 0 radical (unpaired) electrons. The normalized spacial score (nSPS) is 12.5. The van der Waals surface area contributed by atoms with Crippen LogP contribution in [0.4, 0.5) is 0 Å². The van der Waals surface area contributed by atoms with Crippen molar-refractivity contribution in [3.05, 3.63) is 23.8 Å². The van der Waals surface area contributed by atoms with Crippen molar-refractivity contribution in [3.63, 3.8) is 0 Å². The van der Waals surface area contributed by atoms with E-state index in [2.05, 4.69) is 0 Å². The Morgan fingerprint density at radius 1 is 1.18 bits per heavy atom. The van der Waals surface area contributed by atoms with E-state index in [1.54, 1.807) is 11.9 Å². The Morgan fingerprint density at radius 2 is 1.76 bits per heavy atom. The average Bonchev–Trinajstić information content (AvgIpc) is 2.29. The Hall–Kier alpha value is -1.71. The maximum absolute atomic E-state index is 12.1. The molecular weight excluding hydrogens is 218 g/mol. The number of phenols is 2. The van der Waals surface area contributed by atoms with Crippen molar-refractivity contribution < 1.29 is 15.0 Å². The van der Waals surface area contributed by atoms with Crippen molar-refractivity contribution in [2.24, 2.45) is 5.92 Å². The molecule has 4 nitrogen and oxygen atoms in total. The first-order chi connectivity index (χ1) is 7.84. The van der Waals surface area contributed by atoms with E-state index >= 15 is 0 Å². The summed E-state index contributed by atoms with van der Waals surface area (Å²) in [6.45, 7) is 6.06. The highest BCUT2D eigenvalue weighted by atomic mass is 16.3. The van der Waals surface area contributed by atoms with Gasteiger partial charge < -0.3 is 15.1 Å². The summed E-state index contributed by atoms with van der Waals surface area (Å²) in [5, 5.41) is 18.5. The lowest BCUT2D eigenvalue weighted by atomic mass is 10.0. The maximum atomic E-state index is 12.1. The topological polar surface area (TPSA) is 60.8 Å². The molecule has 17 heavy (non-hydrogen) atoms. The number of amides is 1. The summed E-state index contributed by atoms with van der Waals surface area (Å²) < 4.78 is 0. The van der Waals surface area contributed by atoms with Gasteiger partial charge in [0.05, 0.1) is 0 Å². The standard InChI is InChI=1S/C13H19NO3/c1-8(2)9(3)14(4)13(17)10-5-6-11(15)12(16)7-10/h5-9,15-16H,1-4H3. The second-order valence-electron chi connectivity index (χ2n) is 4.60. The lowest BCUT2D eigenvalue weighted by Crippen LogP contribution is -2.38. The Morgan fingerprint density at radius 3 is 2.24 bits per heavy atom. The van der Waals surface area contributed by atoms with E-state index in [4.69, 9.17) is 0 Å². The van der Waals surface area contributed by atoms with Crippen LogP contribution in [0.1, 0.15) is 31.1 Å². The zero-order valence-corrected chi connectivity index (χ0v) is 10.6. The molecule has 0 aliphatic rings. The summed E-state index contributed by atoms with van der Waals surface area (Å²) in [4.78, 5) is 13.7. The van der Waals surface area contributed by atoms with Gasteiger partial charge in [0.1, 0.15) is 0 Å². The molecule has 2 N–H and O–H groups in total. The molecule has 1 atom stereocenters. The van der Waals surface area contributed by atoms with Crippen molar-refractivity contribution >= 4 is 5.91 Å². The number of rotatable bonds is 3. The number of hydrogen-bond acceptors (Lipinski definition) is 3. The Bertz CT molecular complexity index is 415. The Labute approximate surface area is 101 Å². The SMILES string of the molecule is CC(C)C(C)N(C)C(=O)c1ccc(O)c(O)c1. The lowest BCUT2D eigenvalue weighted by Gasteiger charge is -2.28. The first-order valence-electron chi connectivity index (χ1n) is 5.63. The van der Waals surface area contributed by atoms with Crippen molar-refractivity contribution in [1.29, 1.82) is 0 Å². The van der Waals surface area contributed by atoms with Gasteiger partial charge in [0, 0.05) is 18.7 Å². The first-order valence-corrected chi connectivity index (χ1v) is 5.63. The third-order valence-electron chi connectivity index (χ3n) is 3.12. The van der Waals surface area contributed by atoms with Gasteiger partial charge in [-0.2, -0.15) is 0 Å². The van der Waals surface area contributed by atoms with Gasteiger partial charge in [0.2, 0.25) is 0 Å². The zero-order chi connectivity index (χ0) is 13.2. The highest BCUT2D eigenvalue weighted by molar-refractivity contribution is 5.94. The van der Waals surface area contributed by atoms with Crippen molar-refractivity contribution in [2.75, 3.05) is 7.05 Å². The minimum absolute atomic E-state index is 0.110. The number of hydrogen-bond donors (Lipinski definition) is 2. The number of nitrogens with zero attached hydrogens (tertiary/aromatic N) is 1. The molecule has 0 saturated carbocycles. The summed E-state index contributed by atoms with van der Waals surface area (Å²) in [7, 11) is 1.73. The van der Waals surface area contributed by atoms with Crippen LogP contribution in [-0.4, -0.2) is 34.1 Å². The molecule has 0 aromatic heterocycles. The van der Waals surface area contributed by atoms with Crippen LogP contribution in [0.2, 0.25) is 0 Å². The van der Waals surface area contributed by atoms with Crippen LogP contribution < -0.4 is 0 Å². The zero-order valence-electron chi connectivity index (χ0n) is 10.6. The van der Waals surface area contributed by atoms with Gasteiger partial charge in [0.15, 0.2) is 11.5 Å². The fourth-order valence-electron chi connectivity index (χ4n) is 1.49.